The van der Waals surface area contributed by atoms with Gasteiger partial charge in [0.2, 0.25) is 0 Å². The van der Waals surface area contributed by atoms with Gasteiger partial charge in [-0.3, -0.25) is 4.79 Å². The van der Waals surface area contributed by atoms with Crippen molar-refractivity contribution in [2.45, 2.75) is 0 Å². The maximum atomic E-state index is 12.7. The van der Waals surface area contributed by atoms with Crippen LogP contribution in [0.1, 0.15) is 21.5 Å². The van der Waals surface area contributed by atoms with Gasteiger partial charge in [0, 0.05) is 16.7 Å². The van der Waals surface area contributed by atoms with Gasteiger partial charge in [-0.2, -0.15) is 0 Å². The lowest BCUT2D eigenvalue weighted by atomic mass is 10.0. The molecule has 0 unspecified atom stereocenters. The molecule has 0 aliphatic heterocycles. The van der Waals surface area contributed by atoms with Crippen molar-refractivity contribution in [2.75, 3.05) is 14.2 Å². The second-order valence-corrected chi connectivity index (χ2v) is 6.08. The summed E-state index contributed by atoms with van der Waals surface area (Å²) in [6.45, 7) is 0. The summed E-state index contributed by atoms with van der Waals surface area (Å²) in [6, 6.07) is 23.0. The van der Waals surface area contributed by atoms with Gasteiger partial charge in [-0.25, -0.2) is 4.79 Å². The fourth-order valence-electron chi connectivity index (χ4n) is 2.81. The zero-order chi connectivity index (χ0) is 20.6. The van der Waals surface area contributed by atoms with Crippen molar-refractivity contribution in [3.63, 3.8) is 0 Å². The van der Waals surface area contributed by atoms with Crippen LogP contribution in [0.5, 0.6) is 11.5 Å². The van der Waals surface area contributed by atoms with Crippen LogP contribution in [0.25, 0.3) is 5.57 Å². The molecular formula is C24H20O5. The fourth-order valence-corrected chi connectivity index (χ4v) is 2.81. The Labute approximate surface area is 169 Å². The minimum atomic E-state index is -0.545. The van der Waals surface area contributed by atoms with Gasteiger partial charge in [0.25, 0.3) is 0 Å². The Bertz CT molecular complexity index is 1040. The summed E-state index contributed by atoms with van der Waals surface area (Å²) < 4.78 is 15.9. The molecular weight excluding hydrogens is 368 g/mol. The highest BCUT2D eigenvalue weighted by molar-refractivity contribution is 6.17. The highest BCUT2D eigenvalue weighted by Gasteiger charge is 2.18. The maximum absolute atomic E-state index is 12.7. The van der Waals surface area contributed by atoms with Crippen LogP contribution in [0.3, 0.4) is 0 Å². The Hall–Kier alpha value is -3.86. The molecule has 0 radical (unpaired) electrons. The molecule has 0 spiro atoms. The topological polar surface area (TPSA) is 61.8 Å². The van der Waals surface area contributed by atoms with E-state index in [1.807, 2.05) is 18.2 Å². The normalized spacial score (nSPS) is 10.9. The number of ether oxygens (including phenoxy) is 3. The van der Waals surface area contributed by atoms with Crippen molar-refractivity contribution in [1.82, 2.24) is 0 Å². The Kier molecular flexibility index (Phi) is 6.43. The third-order valence-electron chi connectivity index (χ3n) is 4.18. The monoisotopic (exact) mass is 388 g/mol. The van der Waals surface area contributed by atoms with Crippen LogP contribution in [0.2, 0.25) is 0 Å². The van der Waals surface area contributed by atoms with Crippen LogP contribution in [0.4, 0.5) is 0 Å². The third-order valence-corrected chi connectivity index (χ3v) is 4.18. The Morgan fingerprint density at radius 3 is 2.21 bits per heavy atom. The van der Waals surface area contributed by atoms with Crippen molar-refractivity contribution in [3.05, 3.63) is 102 Å². The van der Waals surface area contributed by atoms with Crippen molar-refractivity contribution >= 4 is 17.3 Å². The SMILES string of the molecule is COC=C(C(=O)OC)c1ccccc1Oc1cccc(C(=O)c2ccccc2)c1. The van der Waals surface area contributed by atoms with Crippen molar-refractivity contribution in [2.24, 2.45) is 0 Å². The summed E-state index contributed by atoms with van der Waals surface area (Å²) >= 11 is 0. The number of esters is 1. The fraction of sp³-hybridized carbons (Fsp3) is 0.0833. The summed E-state index contributed by atoms with van der Waals surface area (Å²) in [7, 11) is 2.75. The number of hydrogen-bond donors (Lipinski definition) is 0. The zero-order valence-corrected chi connectivity index (χ0v) is 16.1. The third kappa shape index (κ3) is 4.71. The summed E-state index contributed by atoms with van der Waals surface area (Å²) in [5.74, 6) is 0.265. The predicted octanol–water partition coefficient (Wildman–Crippen LogP) is 4.87. The lowest BCUT2D eigenvalue weighted by Gasteiger charge is -2.13. The van der Waals surface area contributed by atoms with Gasteiger partial charge in [0.05, 0.1) is 20.5 Å². The molecule has 3 rings (SSSR count). The summed E-state index contributed by atoms with van der Waals surface area (Å²) in [5.41, 5.74) is 1.84. The van der Waals surface area contributed by atoms with Crippen LogP contribution in [0, 0.1) is 0 Å². The molecule has 3 aromatic carbocycles. The molecule has 0 saturated carbocycles. The minimum absolute atomic E-state index is 0.0983. The van der Waals surface area contributed by atoms with Gasteiger partial charge in [-0.05, 0) is 18.2 Å². The molecule has 5 nitrogen and oxygen atoms in total. The van der Waals surface area contributed by atoms with E-state index in [2.05, 4.69) is 0 Å². The van der Waals surface area contributed by atoms with Crippen molar-refractivity contribution in [3.8, 4) is 11.5 Å². The average molecular weight is 388 g/mol. The average Bonchev–Trinajstić information content (AvgIpc) is 2.78. The number of hydrogen-bond acceptors (Lipinski definition) is 5. The first kappa shape index (κ1) is 19.9. The molecule has 29 heavy (non-hydrogen) atoms. The predicted molar refractivity (Wildman–Crippen MR) is 110 cm³/mol. The van der Waals surface area contributed by atoms with Crippen molar-refractivity contribution < 1.29 is 23.8 Å². The van der Waals surface area contributed by atoms with Gasteiger partial charge in [0.15, 0.2) is 5.78 Å². The highest BCUT2D eigenvalue weighted by Crippen LogP contribution is 2.31. The van der Waals surface area contributed by atoms with E-state index in [1.165, 1.54) is 20.5 Å². The Balaban J connectivity index is 1.93. The van der Waals surface area contributed by atoms with E-state index < -0.39 is 5.97 Å². The molecule has 0 aliphatic carbocycles. The molecule has 146 valence electrons. The molecule has 0 amide bonds. The Morgan fingerprint density at radius 1 is 0.793 bits per heavy atom. The van der Waals surface area contributed by atoms with E-state index in [-0.39, 0.29) is 11.4 Å². The molecule has 0 fully saturated rings. The quantitative estimate of drug-likeness (QED) is 0.250. The van der Waals surface area contributed by atoms with Crippen LogP contribution in [-0.4, -0.2) is 26.0 Å². The molecule has 0 N–H and O–H groups in total. The largest absolute Gasteiger partial charge is 0.503 e. The van der Waals surface area contributed by atoms with Crippen LogP contribution >= 0.6 is 0 Å². The van der Waals surface area contributed by atoms with Gasteiger partial charge in [-0.15, -0.1) is 0 Å². The van der Waals surface area contributed by atoms with Crippen molar-refractivity contribution in [1.29, 1.82) is 0 Å². The van der Waals surface area contributed by atoms with E-state index in [0.29, 0.717) is 28.2 Å². The van der Waals surface area contributed by atoms with E-state index in [1.54, 1.807) is 60.7 Å². The number of rotatable bonds is 7. The number of methoxy groups -OCH3 is 2. The maximum Gasteiger partial charge on any atom is 0.341 e. The Morgan fingerprint density at radius 2 is 1.48 bits per heavy atom. The summed E-state index contributed by atoms with van der Waals surface area (Å²) in [5, 5.41) is 0. The van der Waals surface area contributed by atoms with Crippen LogP contribution in [0.15, 0.2) is 85.1 Å². The molecule has 0 aromatic heterocycles. The van der Waals surface area contributed by atoms with Crippen LogP contribution in [-0.2, 0) is 14.3 Å². The van der Waals surface area contributed by atoms with Gasteiger partial charge >= 0.3 is 5.97 Å². The molecule has 0 heterocycles. The first-order chi connectivity index (χ1) is 14.1. The number of carbonyl (C=O) groups is 2. The smallest absolute Gasteiger partial charge is 0.341 e. The first-order valence-electron chi connectivity index (χ1n) is 8.92. The molecule has 0 saturated heterocycles. The number of para-hydroxylation sites is 1. The number of carbonyl (C=O) groups excluding carboxylic acids is 2. The molecule has 5 heteroatoms. The van der Waals surface area contributed by atoms with Gasteiger partial charge < -0.3 is 14.2 Å². The van der Waals surface area contributed by atoms with E-state index in [0.717, 1.165) is 0 Å². The van der Waals surface area contributed by atoms with Gasteiger partial charge in [0.1, 0.15) is 17.1 Å². The number of benzene rings is 3. The molecule has 0 atom stereocenters. The van der Waals surface area contributed by atoms with E-state index >= 15 is 0 Å². The minimum Gasteiger partial charge on any atom is -0.503 e. The second-order valence-electron chi connectivity index (χ2n) is 6.08. The first-order valence-corrected chi connectivity index (χ1v) is 8.92. The van der Waals surface area contributed by atoms with Crippen LogP contribution < -0.4 is 4.74 Å². The summed E-state index contributed by atoms with van der Waals surface area (Å²) in [4.78, 5) is 24.8. The van der Waals surface area contributed by atoms with E-state index in [9.17, 15) is 9.59 Å². The second kappa shape index (κ2) is 9.37. The molecule has 3 aromatic rings. The molecule has 0 aliphatic rings. The zero-order valence-electron chi connectivity index (χ0n) is 16.1. The number of ketones is 1. The standard InChI is InChI=1S/C24H20O5/c1-27-16-21(24(26)28-2)20-13-6-7-14-22(20)29-19-12-8-11-18(15-19)23(25)17-9-4-3-5-10-17/h3-16H,1-2H3. The molecule has 0 bridgehead atoms. The lowest BCUT2D eigenvalue weighted by molar-refractivity contribution is -0.133. The van der Waals surface area contributed by atoms with Gasteiger partial charge in [-0.1, -0.05) is 60.7 Å². The summed E-state index contributed by atoms with van der Waals surface area (Å²) in [6.07, 6.45) is 1.31. The lowest BCUT2D eigenvalue weighted by Crippen LogP contribution is -2.06. The van der Waals surface area contributed by atoms with E-state index in [4.69, 9.17) is 14.2 Å². The highest BCUT2D eigenvalue weighted by atomic mass is 16.5.